The van der Waals surface area contributed by atoms with Crippen LogP contribution in [-0.4, -0.2) is 27.7 Å². The number of rotatable bonds is 5. The fourth-order valence-electron chi connectivity index (χ4n) is 1.79. The van der Waals surface area contributed by atoms with Gasteiger partial charge in [-0.1, -0.05) is 0 Å². The van der Waals surface area contributed by atoms with Crippen LogP contribution in [0.5, 0.6) is 0 Å². The summed E-state index contributed by atoms with van der Waals surface area (Å²) in [4.78, 5) is 16.4. The molecule has 0 saturated heterocycles. The van der Waals surface area contributed by atoms with Gasteiger partial charge in [0.2, 0.25) is 5.91 Å². The standard InChI is InChI=1S/C12H17N5OS/c1-8-7-19-10(16-8)5-14-12(18)11(13-2)9-4-15-17(3)6-9/h4,6-7,11,13H,5H2,1-3H3,(H,14,18). The highest BCUT2D eigenvalue weighted by molar-refractivity contribution is 7.09. The number of amides is 1. The Balaban J connectivity index is 1.97. The number of aryl methyl sites for hydroxylation is 2. The summed E-state index contributed by atoms with van der Waals surface area (Å²) in [5.74, 6) is -0.0802. The van der Waals surface area contributed by atoms with E-state index in [1.165, 1.54) is 0 Å². The Morgan fingerprint density at radius 3 is 2.89 bits per heavy atom. The molecule has 0 saturated carbocycles. The average Bonchev–Trinajstić information content (AvgIpc) is 2.97. The molecule has 1 amide bonds. The van der Waals surface area contributed by atoms with Crippen molar-refractivity contribution in [3.05, 3.63) is 34.0 Å². The summed E-state index contributed by atoms with van der Waals surface area (Å²) in [6.45, 7) is 2.39. The lowest BCUT2D eigenvalue weighted by Gasteiger charge is -2.13. The van der Waals surface area contributed by atoms with Gasteiger partial charge < -0.3 is 10.6 Å². The molecular formula is C12H17N5OS. The summed E-state index contributed by atoms with van der Waals surface area (Å²) in [5.41, 5.74) is 1.82. The van der Waals surface area contributed by atoms with Gasteiger partial charge in [0.1, 0.15) is 11.0 Å². The van der Waals surface area contributed by atoms with Crippen molar-refractivity contribution in [2.75, 3.05) is 7.05 Å². The molecule has 2 heterocycles. The van der Waals surface area contributed by atoms with Crippen molar-refractivity contribution in [2.45, 2.75) is 19.5 Å². The molecule has 2 N–H and O–H groups in total. The van der Waals surface area contributed by atoms with Crippen LogP contribution < -0.4 is 10.6 Å². The lowest BCUT2D eigenvalue weighted by molar-refractivity contribution is -0.123. The lowest BCUT2D eigenvalue weighted by Crippen LogP contribution is -2.35. The van der Waals surface area contributed by atoms with Crippen LogP contribution in [0.4, 0.5) is 0 Å². The van der Waals surface area contributed by atoms with E-state index in [0.717, 1.165) is 16.3 Å². The van der Waals surface area contributed by atoms with Gasteiger partial charge in [0.15, 0.2) is 0 Å². The van der Waals surface area contributed by atoms with Crippen LogP contribution in [0.3, 0.4) is 0 Å². The molecule has 2 rings (SSSR count). The Bertz CT molecular complexity index is 562. The quantitative estimate of drug-likeness (QED) is 0.847. The van der Waals surface area contributed by atoms with Gasteiger partial charge in [-0.05, 0) is 14.0 Å². The molecule has 1 unspecified atom stereocenters. The minimum atomic E-state index is -0.394. The predicted octanol–water partition coefficient (Wildman–Crippen LogP) is 0.762. The first-order valence-electron chi connectivity index (χ1n) is 5.94. The van der Waals surface area contributed by atoms with Gasteiger partial charge in [0.05, 0.1) is 12.7 Å². The Morgan fingerprint density at radius 1 is 1.58 bits per heavy atom. The first-order valence-corrected chi connectivity index (χ1v) is 6.82. The maximum Gasteiger partial charge on any atom is 0.242 e. The number of nitrogens with one attached hydrogen (secondary N) is 2. The Kier molecular flexibility index (Phi) is 4.28. The zero-order chi connectivity index (χ0) is 13.8. The van der Waals surface area contributed by atoms with Gasteiger partial charge in [0.25, 0.3) is 0 Å². The number of nitrogens with zero attached hydrogens (tertiary/aromatic N) is 3. The van der Waals surface area contributed by atoms with Crippen molar-refractivity contribution in [3.8, 4) is 0 Å². The first kappa shape index (κ1) is 13.7. The van der Waals surface area contributed by atoms with E-state index in [-0.39, 0.29) is 5.91 Å². The van der Waals surface area contributed by atoms with E-state index in [0.29, 0.717) is 6.54 Å². The third kappa shape index (κ3) is 3.39. The number of thiazole rings is 1. The highest BCUT2D eigenvalue weighted by Crippen LogP contribution is 2.12. The monoisotopic (exact) mass is 279 g/mol. The SMILES string of the molecule is CNC(C(=O)NCc1nc(C)cs1)c1cnn(C)c1. The topological polar surface area (TPSA) is 71.8 Å². The lowest BCUT2D eigenvalue weighted by atomic mass is 10.1. The molecule has 0 spiro atoms. The van der Waals surface area contributed by atoms with Crippen molar-refractivity contribution in [1.29, 1.82) is 0 Å². The molecule has 0 aromatic carbocycles. The molecule has 2 aromatic heterocycles. The summed E-state index contributed by atoms with van der Waals surface area (Å²) in [7, 11) is 3.58. The second-order valence-electron chi connectivity index (χ2n) is 4.27. The first-order chi connectivity index (χ1) is 9.10. The van der Waals surface area contributed by atoms with Crippen LogP contribution in [0.1, 0.15) is 22.3 Å². The molecule has 0 bridgehead atoms. The predicted molar refractivity (Wildman–Crippen MR) is 73.7 cm³/mol. The van der Waals surface area contributed by atoms with Crippen LogP contribution in [0.25, 0.3) is 0 Å². The fourth-order valence-corrected chi connectivity index (χ4v) is 2.50. The molecule has 6 nitrogen and oxygen atoms in total. The third-order valence-corrected chi connectivity index (χ3v) is 3.66. The van der Waals surface area contributed by atoms with Crippen LogP contribution in [-0.2, 0) is 18.4 Å². The highest BCUT2D eigenvalue weighted by Gasteiger charge is 2.19. The second kappa shape index (κ2) is 5.94. The van der Waals surface area contributed by atoms with E-state index in [2.05, 4.69) is 20.7 Å². The molecule has 1 atom stereocenters. The Morgan fingerprint density at radius 2 is 2.37 bits per heavy atom. The largest absolute Gasteiger partial charge is 0.348 e. The molecular weight excluding hydrogens is 262 g/mol. The maximum atomic E-state index is 12.1. The van der Waals surface area contributed by atoms with Gasteiger partial charge in [0, 0.05) is 29.9 Å². The van der Waals surface area contributed by atoms with Gasteiger partial charge in [-0.3, -0.25) is 9.48 Å². The Hall–Kier alpha value is -1.73. The van der Waals surface area contributed by atoms with Crippen LogP contribution in [0.2, 0.25) is 0 Å². The van der Waals surface area contributed by atoms with E-state index in [1.54, 1.807) is 29.3 Å². The number of hydrogen-bond donors (Lipinski definition) is 2. The summed E-state index contributed by atoms with van der Waals surface area (Å²) in [5, 5.41) is 12.8. The molecule has 0 aliphatic heterocycles. The summed E-state index contributed by atoms with van der Waals surface area (Å²) in [6, 6.07) is -0.394. The smallest absolute Gasteiger partial charge is 0.242 e. The highest BCUT2D eigenvalue weighted by atomic mass is 32.1. The average molecular weight is 279 g/mol. The number of aromatic nitrogens is 3. The molecule has 7 heteroatoms. The van der Waals surface area contributed by atoms with Crippen molar-refractivity contribution in [2.24, 2.45) is 7.05 Å². The van der Waals surface area contributed by atoms with E-state index >= 15 is 0 Å². The van der Waals surface area contributed by atoms with Crippen molar-refractivity contribution >= 4 is 17.2 Å². The second-order valence-corrected chi connectivity index (χ2v) is 5.21. The number of hydrogen-bond acceptors (Lipinski definition) is 5. The molecule has 0 aliphatic carbocycles. The van der Waals surface area contributed by atoms with Crippen LogP contribution in [0.15, 0.2) is 17.8 Å². The third-order valence-electron chi connectivity index (χ3n) is 2.69. The number of carbonyl (C=O) groups excluding carboxylic acids is 1. The maximum absolute atomic E-state index is 12.1. The van der Waals surface area contributed by atoms with Crippen molar-refractivity contribution in [1.82, 2.24) is 25.4 Å². The molecule has 2 aromatic rings. The molecule has 0 fully saturated rings. The Labute approximate surface area is 115 Å². The molecule has 102 valence electrons. The number of likely N-dealkylation sites (N-methyl/N-ethyl adjacent to an activating group) is 1. The van der Waals surface area contributed by atoms with Gasteiger partial charge in [-0.25, -0.2) is 4.98 Å². The van der Waals surface area contributed by atoms with Crippen LogP contribution >= 0.6 is 11.3 Å². The van der Waals surface area contributed by atoms with E-state index in [4.69, 9.17) is 0 Å². The van der Waals surface area contributed by atoms with Gasteiger partial charge in [-0.15, -0.1) is 11.3 Å². The summed E-state index contributed by atoms with van der Waals surface area (Å²) >= 11 is 1.55. The minimum Gasteiger partial charge on any atom is -0.348 e. The number of carbonyl (C=O) groups is 1. The molecule has 0 aliphatic rings. The molecule has 0 radical (unpaired) electrons. The van der Waals surface area contributed by atoms with Crippen LogP contribution in [0, 0.1) is 6.92 Å². The summed E-state index contributed by atoms with van der Waals surface area (Å²) < 4.78 is 1.68. The van der Waals surface area contributed by atoms with Gasteiger partial charge in [-0.2, -0.15) is 5.10 Å². The zero-order valence-electron chi connectivity index (χ0n) is 11.2. The zero-order valence-corrected chi connectivity index (χ0v) is 12.0. The van der Waals surface area contributed by atoms with E-state index < -0.39 is 6.04 Å². The van der Waals surface area contributed by atoms with Crippen molar-refractivity contribution in [3.63, 3.8) is 0 Å². The van der Waals surface area contributed by atoms with E-state index in [1.807, 2.05) is 25.5 Å². The molecule has 19 heavy (non-hydrogen) atoms. The van der Waals surface area contributed by atoms with Gasteiger partial charge >= 0.3 is 0 Å². The van der Waals surface area contributed by atoms with E-state index in [9.17, 15) is 4.79 Å². The minimum absolute atomic E-state index is 0.0802. The normalized spacial score (nSPS) is 12.4. The van der Waals surface area contributed by atoms with Crippen molar-refractivity contribution < 1.29 is 4.79 Å². The fraction of sp³-hybridized carbons (Fsp3) is 0.417. The summed E-state index contributed by atoms with van der Waals surface area (Å²) in [6.07, 6.45) is 3.52.